The van der Waals surface area contributed by atoms with Crippen LogP contribution in [0.1, 0.15) is 37.6 Å². The number of primary amides is 1. The quantitative estimate of drug-likeness (QED) is 0.580. The van der Waals surface area contributed by atoms with Gasteiger partial charge in [-0.05, 0) is 30.5 Å². The molecule has 3 aromatic rings. The fourth-order valence-corrected chi connectivity index (χ4v) is 3.13. The Morgan fingerprint density at radius 3 is 2.59 bits per heavy atom. The number of carbonyl (C=O) groups is 2. The van der Waals surface area contributed by atoms with Gasteiger partial charge in [0.2, 0.25) is 11.7 Å². The molecule has 10 heteroatoms. The van der Waals surface area contributed by atoms with Crippen LogP contribution in [0, 0.1) is 5.92 Å². The van der Waals surface area contributed by atoms with E-state index in [-0.39, 0.29) is 34.1 Å². The van der Waals surface area contributed by atoms with E-state index in [2.05, 4.69) is 10.4 Å². The molecule has 0 unspecified atom stereocenters. The number of amides is 2. The second-order valence-corrected chi connectivity index (χ2v) is 7.33. The number of aromatic nitrogens is 4. The van der Waals surface area contributed by atoms with Gasteiger partial charge < -0.3 is 11.1 Å². The molecule has 0 radical (unpaired) electrons. The summed E-state index contributed by atoms with van der Waals surface area (Å²) in [6, 6.07) is 4.58. The first-order chi connectivity index (χ1) is 13.7. The minimum Gasteiger partial charge on any atom is -0.368 e. The van der Waals surface area contributed by atoms with Crippen LogP contribution in [-0.4, -0.2) is 37.1 Å². The molecule has 0 fully saturated rings. The van der Waals surface area contributed by atoms with Crippen molar-refractivity contribution < 1.29 is 9.59 Å². The van der Waals surface area contributed by atoms with Gasteiger partial charge in [0.25, 0.3) is 11.5 Å². The molecule has 0 spiro atoms. The zero-order chi connectivity index (χ0) is 21.3. The fraction of sp³-hybridized carbons (Fsp3) is 0.421. The standard InChI is InChI=1S/C19H24N6O4/c1-4-7-23-17(28)13-6-5-12(16(27)21-9-11(2)3)8-14(13)25-18(23)22-24(19(25)29)10-15(20)26/h5-6,8,11H,4,7,9-10H2,1-3H3,(H2,20,26)(H,21,27). The summed E-state index contributed by atoms with van der Waals surface area (Å²) in [5.74, 6) is -0.639. The summed E-state index contributed by atoms with van der Waals surface area (Å²) in [4.78, 5) is 49.6. The maximum atomic E-state index is 13.0. The van der Waals surface area contributed by atoms with Crippen LogP contribution >= 0.6 is 0 Å². The van der Waals surface area contributed by atoms with Crippen LogP contribution in [0.3, 0.4) is 0 Å². The molecule has 154 valence electrons. The van der Waals surface area contributed by atoms with E-state index in [9.17, 15) is 19.2 Å². The number of nitrogens with two attached hydrogens (primary N) is 1. The van der Waals surface area contributed by atoms with Crippen molar-refractivity contribution in [2.75, 3.05) is 6.54 Å². The molecule has 3 N–H and O–H groups in total. The van der Waals surface area contributed by atoms with E-state index in [4.69, 9.17) is 5.73 Å². The van der Waals surface area contributed by atoms with E-state index in [1.165, 1.54) is 21.1 Å². The zero-order valence-electron chi connectivity index (χ0n) is 16.6. The number of hydrogen-bond donors (Lipinski definition) is 2. The molecule has 0 atom stereocenters. The van der Waals surface area contributed by atoms with Gasteiger partial charge in [0.1, 0.15) is 6.54 Å². The predicted molar refractivity (Wildman–Crippen MR) is 108 cm³/mol. The average Bonchev–Trinajstić information content (AvgIpc) is 2.98. The molecule has 0 saturated heterocycles. The lowest BCUT2D eigenvalue weighted by Gasteiger charge is -2.11. The Labute approximate surface area is 165 Å². The summed E-state index contributed by atoms with van der Waals surface area (Å²) in [6.07, 6.45) is 0.646. The minimum absolute atomic E-state index is 0.107. The molecule has 29 heavy (non-hydrogen) atoms. The molecule has 0 aliphatic rings. The van der Waals surface area contributed by atoms with Gasteiger partial charge in [-0.3, -0.25) is 19.0 Å². The first-order valence-corrected chi connectivity index (χ1v) is 9.47. The number of aryl methyl sites for hydroxylation is 1. The third-order valence-electron chi connectivity index (χ3n) is 4.46. The number of rotatable bonds is 7. The molecule has 3 rings (SSSR count). The normalized spacial score (nSPS) is 11.4. The third-order valence-corrected chi connectivity index (χ3v) is 4.46. The molecule has 0 bridgehead atoms. The lowest BCUT2D eigenvalue weighted by Crippen LogP contribution is -2.30. The third kappa shape index (κ3) is 3.78. The van der Waals surface area contributed by atoms with Crippen LogP contribution < -0.4 is 22.3 Å². The van der Waals surface area contributed by atoms with Gasteiger partial charge in [-0.15, -0.1) is 5.10 Å². The Balaban J connectivity index is 2.30. The fourth-order valence-electron chi connectivity index (χ4n) is 3.13. The second kappa shape index (κ2) is 7.90. The Kier molecular flexibility index (Phi) is 5.53. The number of nitrogens with one attached hydrogen (secondary N) is 1. The van der Waals surface area contributed by atoms with Gasteiger partial charge in [0.05, 0.1) is 10.9 Å². The largest absolute Gasteiger partial charge is 0.368 e. The average molecular weight is 400 g/mol. The molecule has 0 aliphatic carbocycles. The first kappa shape index (κ1) is 20.3. The van der Waals surface area contributed by atoms with Crippen molar-refractivity contribution >= 4 is 28.5 Å². The molecule has 2 amide bonds. The molecule has 0 aliphatic heterocycles. The summed E-state index contributed by atoms with van der Waals surface area (Å²) in [7, 11) is 0. The van der Waals surface area contributed by atoms with Crippen molar-refractivity contribution in [3.05, 3.63) is 44.6 Å². The SMILES string of the molecule is CCCn1c(=O)c2ccc(C(=O)NCC(C)C)cc2n2c(=O)n(CC(N)=O)nc12. The van der Waals surface area contributed by atoms with Crippen LogP contribution in [-0.2, 0) is 17.9 Å². The highest BCUT2D eigenvalue weighted by molar-refractivity contribution is 5.98. The van der Waals surface area contributed by atoms with E-state index < -0.39 is 18.1 Å². The number of fused-ring (bicyclic) bond motifs is 3. The lowest BCUT2D eigenvalue weighted by atomic mass is 10.1. The summed E-state index contributed by atoms with van der Waals surface area (Å²) in [5.41, 5.74) is 4.86. The molecule has 1 aromatic carbocycles. The van der Waals surface area contributed by atoms with E-state index in [1.54, 1.807) is 6.07 Å². The number of nitrogens with zero attached hydrogens (tertiary/aromatic N) is 4. The van der Waals surface area contributed by atoms with E-state index >= 15 is 0 Å². The van der Waals surface area contributed by atoms with Crippen LogP contribution in [0.15, 0.2) is 27.8 Å². The smallest absolute Gasteiger partial charge is 0.352 e. The van der Waals surface area contributed by atoms with Crippen molar-refractivity contribution in [3.8, 4) is 0 Å². The summed E-state index contributed by atoms with van der Waals surface area (Å²) in [5, 5.41) is 7.24. The molecule has 2 heterocycles. The van der Waals surface area contributed by atoms with Crippen molar-refractivity contribution in [3.63, 3.8) is 0 Å². The van der Waals surface area contributed by atoms with E-state index in [0.717, 1.165) is 4.68 Å². The first-order valence-electron chi connectivity index (χ1n) is 9.47. The van der Waals surface area contributed by atoms with E-state index in [1.807, 2.05) is 20.8 Å². The number of carbonyl (C=O) groups excluding carboxylic acids is 2. The predicted octanol–water partition coefficient (Wildman–Crippen LogP) is 0.0920. The van der Waals surface area contributed by atoms with Gasteiger partial charge in [-0.2, -0.15) is 0 Å². The monoisotopic (exact) mass is 400 g/mol. The Hall–Kier alpha value is -3.43. The molecule has 2 aromatic heterocycles. The highest BCUT2D eigenvalue weighted by Gasteiger charge is 2.19. The molecule has 10 nitrogen and oxygen atoms in total. The van der Waals surface area contributed by atoms with Crippen molar-refractivity contribution in [1.29, 1.82) is 0 Å². The van der Waals surface area contributed by atoms with Crippen molar-refractivity contribution in [1.82, 2.24) is 24.1 Å². The number of hydrogen-bond acceptors (Lipinski definition) is 5. The second-order valence-electron chi connectivity index (χ2n) is 7.33. The molecular weight excluding hydrogens is 376 g/mol. The van der Waals surface area contributed by atoms with Gasteiger partial charge in [0, 0.05) is 18.7 Å². The van der Waals surface area contributed by atoms with Crippen LogP contribution in [0.2, 0.25) is 0 Å². The maximum Gasteiger partial charge on any atom is 0.352 e. The van der Waals surface area contributed by atoms with Gasteiger partial charge >= 0.3 is 5.69 Å². The summed E-state index contributed by atoms with van der Waals surface area (Å²) < 4.78 is 3.56. The minimum atomic E-state index is -0.724. The highest BCUT2D eigenvalue weighted by atomic mass is 16.2. The van der Waals surface area contributed by atoms with Crippen LogP contribution in [0.25, 0.3) is 16.7 Å². The Morgan fingerprint density at radius 2 is 1.97 bits per heavy atom. The lowest BCUT2D eigenvalue weighted by molar-refractivity contribution is -0.118. The van der Waals surface area contributed by atoms with Crippen molar-refractivity contribution in [2.24, 2.45) is 11.7 Å². The zero-order valence-corrected chi connectivity index (χ0v) is 16.6. The van der Waals surface area contributed by atoms with Crippen LogP contribution in [0.5, 0.6) is 0 Å². The van der Waals surface area contributed by atoms with Gasteiger partial charge in [-0.1, -0.05) is 20.8 Å². The van der Waals surface area contributed by atoms with Gasteiger partial charge in [0.15, 0.2) is 0 Å². The Morgan fingerprint density at radius 1 is 1.24 bits per heavy atom. The highest BCUT2D eigenvalue weighted by Crippen LogP contribution is 2.14. The number of benzene rings is 1. The topological polar surface area (TPSA) is 133 Å². The van der Waals surface area contributed by atoms with Crippen LogP contribution in [0.4, 0.5) is 0 Å². The summed E-state index contributed by atoms with van der Waals surface area (Å²) in [6.45, 7) is 6.30. The molecular formula is C19H24N6O4. The van der Waals surface area contributed by atoms with E-state index in [0.29, 0.717) is 25.1 Å². The van der Waals surface area contributed by atoms with Crippen molar-refractivity contribution in [2.45, 2.75) is 40.3 Å². The van der Waals surface area contributed by atoms with Gasteiger partial charge in [-0.25, -0.2) is 13.9 Å². The maximum absolute atomic E-state index is 13.0. The molecule has 0 saturated carbocycles. The summed E-state index contributed by atoms with van der Waals surface area (Å²) >= 11 is 0. The Bertz CT molecular complexity index is 1220.